The van der Waals surface area contributed by atoms with Crippen molar-refractivity contribution in [2.24, 2.45) is 0 Å². The van der Waals surface area contributed by atoms with E-state index in [0.717, 1.165) is 25.4 Å². The standard InChI is InChI=1S/C9H14O2S/c1-2-5-12-8-6-11-7-3-4-10-9(7)8/h2,7-9H,1,3-6H2. The molecule has 0 bridgehead atoms. The molecule has 3 unspecified atom stereocenters. The zero-order valence-corrected chi connectivity index (χ0v) is 7.89. The maximum absolute atomic E-state index is 5.61. The molecule has 0 aromatic rings. The van der Waals surface area contributed by atoms with E-state index in [1.165, 1.54) is 0 Å². The van der Waals surface area contributed by atoms with Crippen molar-refractivity contribution in [1.29, 1.82) is 0 Å². The lowest BCUT2D eigenvalue weighted by atomic mass is 10.2. The zero-order chi connectivity index (χ0) is 8.39. The van der Waals surface area contributed by atoms with Gasteiger partial charge in [0.15, 0.2) is 0 Å². The Morgan fingerprint density at radius 3 is 3.25 bits per heavy atom. The van der Waals surface area contributed by atoms with Crippen LogP contribution in [0.4, 0.5) is 0 Å². The summed E-state index contributed by atoms with van der Waals surface area (Å²) in [6.07, 6.45) is 3.75. The summed E-state index contributed by atoms with van der Waals surface area (Å²) < 4.78 is 11.2. The lowest BCUT2D eigenvalue weighted by Crippen LogP contribution is -2.24. The molecule has 0 radical (unpaired) electrons. The van der Waals surface area contributed by atoms with Crippen LogP contribution in [0.1, 0.15) is 6.42 Å². The van der Waals surface area contributed by atoms with Gasteiger partial charge >= 0.3 is 0 Å². The van der Waals surface area contributed by atoms with Gasteiger partial charge in [-0.1, -0.05) is 6.08 Å². The fourth-order valence-corrected chi connectivity index (χ4v) is 2.77. The van der Waals surface area contributed by atoms with E-state index in [2.05, 4.69) is 6.58 Å². The van der Waals surface area contributed by atoms with Crippen LogP contribution in [0.3, 0.4) is 0 Å². The molecule has 68 valence electrons. The molecular weight excluding hydrogens is 172 g/mol. The molecule has 0 amide bonds. The van der Waals surface area contributed by atoms with E-state index in [1.807, 2.05) is 17.8 Å². The molecular formula is C9H14O2S. The molecule has 2 saturated heterocycles. The van der Waals surface area contributed by atoms with Gasteiger partial charge < -0.3 is 9.47 Å². The van der Waals surface area contributed by atoms with E-state index in [1.54, 1.807) is 0 Å². The van der Waals surface area contributed by atoms with Crippen LogP contribution >= 0.6 is 11.8 Å². The average molecular weight is 186 g/mol. The van der Waals surface area contributed by atoms with Gasteiger partial charge in [0.05, 0.1) is 24.1 Å². The second-order valence-electron chi connectivity index (χ2n) is 3.16. The van der Waals surface area contributed by atoms with Gasteiger partial charge in [-0.3, -0.25) is 0 Å². The second kappa shape index (κ2) is 3.81. The van der Waals surface area contributed by atoms with Crippen LogP contribution in [0.25, 0.3) is 0 Å². The maximum atomic E-state index is 5.61. The maximum Gasteiger partial charge on any atom is 0.0978 e. The van der Waals surface area contributed by atoms with Gasteiger partial charge in [0.1, 0.15) is 0 Å². The Kier molecular flexibility index (Phi) is 2.73. The van der Waals surface area contributed by atoms with Crippen molar-refractivity contribution in [3.05, 3.63) is 12.7 Å². The van der Waals surface area contributed by atoms with Crippen LogP contribution in [-0.4, -0.2) is 36.4 Å². The third kappa shape index (κ3) is 1.53. The minimum atomic E-state index is 0.356. The quantitative estimate of drug-likeness (QED) is 0.622. The molecule has 0 N–H and O–H groups in total. The third-order valence-corrected chi connectivity index (χ3v) is 3.61. The lowest BCUT2D eigenvalue weighted by molar-refractivity contribution is 0.0738. The first-order chi connectivity index (χ1) is 5.92. The normalized spacial score (nSPS) is 39.8. The Balaban J connectivity index is 1.86. The van der Waals surface area contributed by atoms with E-state index in [9.17, 15) is 0 Å². The summed E-state index contributed by atoms with van der Waals surface area (Å²) in [7, 11) is 0. The molecule has 3 atom stereocenters. The summed E-state index contributed by atoms with van der Waals surface area (Å²) in [5.74, 6) is 1.00. The minimum Gasteiger partial charge on any atom is -0.374 e. The number of fused-ring (bicyclic) bond motifs is 1. The summed E-state index contributed by atoms with van der Waals surface area (Å²) in [6, 6.07) is 0. The van der Waals surface area contributed by atoms with Crippen LogP contribution in [0.2, 0.25) is 0 Å². The first-order valence-corrected chi connectivity index (χ1v) is 5.42. The summed E-state index contributed by atoms with van der Waals surface area (Å²) >= 11 is 1.89. The highest BCUT2D eigenvalue weighted by atomic mass is 32.2. The highest BCUT2D eigenvalue weighted by molar-refractivity contribution is 8.00. The molecule has 0 spiro atoms. The molecule has 0 aromatic carbocycles. The van der Waals surface area contributed by atoms with Crippen LogP contribution in [0, 0.1) is 0 Å². The number of thioether (sulfide) groups is 1. The van der Waals surface area contributed by atoms with E-state index < -0.39 is 0 Å². The highest BCUT2D eigenvalue weighted by Gasteiger charge is 2.41. The molecule has 12 heavy (non-hydrogen) atoms. The van der Waals surface area contributed by atoms with Gasteiger partial charge in [-0.2, -0.15) is 0 Å². The van der Waals surface area contributed by atoms with Gasteiger partial charge in [0.25, 0.3) is 0 Å². The van der Waals surface area contributed by atoms with Crippen LogP contribution in [0.5, 0.6) is 0 Å². The van der Waals surface area contributed by atoms with E-state index in [0.29, 0.717) is 17.5 Å². The van der Waals surface area contributed by atoms with E-state index in [-0.39, 0.29) is 0 Å². The topological polar surface area (TPSA) is 18.5 Å². The van der Waals surface area contributed by atoms with E-state index >= 15 is 0 Å². The van der Waals surface area contributed by atoms with Crippen LogP contribution in [-0.2, 0) is 9.47 Å². The van der Waals surface area contributed by atoms with Gasteiger partial charge in [0, 0.05) is 12.4 Å². The molecule has 2 aliphatic rings. The Hall–Kier alpha value is 0.01000. The Bertz CT molecular complexity index is 172. The van der Waals surface area contributed by atoms with Crippen molar-refractivity contribution in [3.63, 3.8) is 0 Å². The van der Waals surface area contributed by atoms with Gasteiger partial charge in [-0.05, 0) is 6.42 Å². The Labute approximate surface area is 77.3 Å². The molecule has 0 aromatic heterocycles. The second-order valence-corrected chi connectivity index (χ2v) is 4.43. The molecule has 2 fully saturated rings. The molecule has 2 aliphatic heterocycles. The summed E-state index contributed by atoms with van der Waals surface area (Å²) in [5, 5.41) is 0.537. The molecule has 3 heteroatoms. The predicted octanol–water partition coefficient (Wildman–Crippen LogP) is 1.46. The van der Waals surface area contributed by atoms with Crippen molar-refractivity contribution < 1.29 is 9.47 Å². The van der Waals surface area contributed by atoms with Crippen molar-refractivity contribution in [2.75, 3.05) is 19.0 Å². The smallest absolute Gasteiger partial charge is 0.0978 e. The average Bonchev–Trinajstić information content (AvgIpc) is 2.62. The van der Waals surface area contributed by atoms with Gasteiger partial charge in [0.2, 0.25) is 0 Å². The number of hydrogen-bond donors (Lipinski definition) is 0. The van der Waals surface area contributed by atoms with Gasteiger partial charge in [-0.25, -0.2) is 0 Å². The summed E-state index contributed by atoms with van der Waals surface area (Å²) in [4.78, 5) is 0. The third-order valence-electron chi connectivity index (χ3n) is 2.35. The Morgan fingerprint density at radius 2 is 2.42 bits per heavy atom. The van der Waals surface area contributed by atoms with Crippen molar-refractivity contribution in [3.8, 4) is 0 Å². The molecule has 0 saturated carbocycles. The lowest BCUT2D eigenvalue weighted by Gasteiger charge is -2.13. The SMILES string of the molecule is C=CCSC1COC2CCOC21. The fourth-order valence-electron chi connectivity index (χ4n) is 1.76. The highest BCUT2D eigenvalue weighted by Crippen LogP contribution is 2.33. The molecule has 2 rings (SSSR count). The zero-order valence-electron chi connectivity index (χ0n) is 7.07. The van der Waals surface area contributed by atoms with E-state index in [4.69, 9.17) is 9.47 Å². The van der Waals surface area contributed by atoms with Crippen molar-refractivity contribution in [1.82, 2.24) is 0 Å². The van der Waals surface area contributed by atoms with Crippen LogP contribution < -0.4 is 0 Å². The van der Waals surface area contributed by atoms with Gasteiger partial charge in [-0.15, -0.1) is 18.3 Å². The first kappa shape index (κ1) is 8.60. The Morgan fingerprint density at radius 1 is 1.50 bits per heavy atom. The monoisotopic (exact) mass is 186 g/mol. The fraction of sp³-hybridized carbons (Fsp3) is 0.778. The molecule has 0 aliphatic carbocycles. The predicted molar refractivity (Wildman–Crippen MR) is 50.5 cm³/mol. The van der Waals surface area contributed by atoms with Crippen molar-refractivity contribution >= 4 is 11.8 Å². The number of hydrogen-bond acceptors (Lipinski definition) is 3. The molecule has 2 nitrogen and oxygen atoms in total. The molecule has 2 heterocycles. The summed E-state index contributed by atoms with van der Waals surface area (Å²) in [5.41, 5.74) is 0. The number of rotatable bonds is 3. The largest absolute Gasteiger partial charge is 0.374 e. The minimum absolute atomic E-state index is 0.356. The van der Waals surface area contributed by atoms with Crippen molar-refractivity contribution in [2.45, 2.75) is 23.9 Å². The first-order valence-electron chi connectivity index (χ1n) is 4.37. The summed E-state index contributed by atoms with van der Waals surface area (Å²) in [6.45, 7) is 5.44. The van der Waals surface area contributed by atoms with Crippen LogP contribution in [0.15, 0.2) is 12.7 Å². The number of ether oxygens (including phenoxy) is 2.